The third-order valence-corrected chi connectivity index (χ3v) is 3.68. The van der Waals surface area contributed by atoms with Gasteiger partial charge in [-0.1, -0.05) is 18.2 Å². The van der Waals surface area contributed by atoms with Gasteiger partial charge in [0.05, 0.1) is 0 Å². The zero-order valence-electron chi connectivity index (χ0n) is 7.70. The van der Waals surface area contributed by atoms with Crippen molar-refractivity contribution in [1.29, 1.82) is 0 Å². The van der Waals surface area contributed by atoms with Crippen molar-refractivity contribution in [2.75, 3.05) is 13.1 Å². The fourth-order valence-corrected chi connectivity index (χ4v) is 2.78. The summed E-state index contributed by atoms with van der Waals surface area (Å²) < 4.78 is 0. The number of hydrogen-bond donors (Lipinski definition) is 1. The van der Waals surface area contributed by atoms with Crippen molar-refractivity contribution in [2.24, 2.45) is 0 Å². The Balaban J connectivity index is 1.90. The monoisotopic (exact) mass is 193 g/mol. The smallest absolute Gasteiger partial charge is 0.0118 e. The van der Waals surface area contributed by atoms with E-state index in [0.29, 0.717) is 0 Å². The van der Waals surface area contributed by atoms with Gasteiger partial charge < -0.3 is 5.32 Å². The molecule has 0 saturated carbocycles. The third-order valence-electron chi connectivity index (χ3n) is 2.33. The van der Waals surface area contributed by atoms with Crippen molar-refractivity contribution in [2.45, 2.75) is 23.0 Å². The lowest BCUT2D eigenvalue weighted by Crippen LogP contribution is -2.29. The molecule has 0 bridgehead atoms. The number of piperidine rings is 1. The predicted molar refractivity (Wildman–Crippen MR) is 58.2 cm³/mol. The quantitative estimate of drug-likeness (QED) is 0.774. The van der Waals surface area contributed by atoms with Gasteiger partial charge in [-0.25, -0.2) is 0 Å². The van der Waals surface area contributed by atoms with E-state index in [4.69, 9.17) is 0 Å². The van der Waals surface area contributed by atoms with E-state index < -0.39 is 0 Å². The maximum Gasteiger partial charge on any atom is 0.0118 e. The summed E-state index contributed by atoms with van der Waals surface area (Å²) in [6.45, 7) is 2.37. The highest BCUT2D eigenvalue weighted by Gasteiger charge is 2.13. The molecule has 1 aromatic carbocycles. The van der Waals surface area contributed by atoms with Crippen LogP contribution in [0, 0.1) is 0 Å². The van der Waals surface area contributed by atoms with Crippen LogP contribution in [0.15, 0.2) is 35.2 Å². The van der Waals surface area contributed by atoms with Gasteiger partial charge in [0.25, 0.3) is 0 Å². The third kappa shape index (κ3) is 2.75. The second-order valence-corrected chi connectivity index (χ2v) is 4.75. The zero-order valence-corrected chi connectivity index (χ0v) is 8.52. The Kier molecular flexibility index (Phi) is 3.27. The highest BCUT2D eigenvalue weighted by atomic mass is 32.2. The van der Waals surface area contributed by atoms with Crippen LogP contribution < -0.4 is 5.32 Å². The molecule has 0 amide bonds. The van der Waals surface area contributed by atoms with Gasteiger partial charge in [0.15, 0.2) is 0 Å². The lowest BCUT2D eigenvalue weighted by Gasteiger charge is -2.21. The Morgan fingerprint density at radius 1 is 1.08 bits per heavy atom. The molecular weight excluding hydrogens is 178 g/mol. The molecule has 13 heavy (non-hydrogen) atoms. The molecule has 1 fully saturated rings. The molecule has 0 aromatic heterocycles. The van der Waals surface area contributed by atoms with Gasteiger partial charge in [-0.15, -0.1) is 11.8 Å². The highest BCUT2D eigenvalue weighted by Crippen LogP contribution is 2.27. The molecule has 0 radical (unpaired) electrons. The zero-order chi connectivity index (χ0) is 8.93. The molecule has 0 unspecified atom stereocenters. The van der Waals surface area contributed by atoms with E-state index in [1.165, 1.54) is 30.8 Å². The van der Waals surface area contributed by atoms with E-state index in [9.17, 15) is 0 Å². The summed E-state index contributed by atoms with van der Waals surface area (Å²) in [5.74, 6) is 0. The van der Waals surface area contributed by atoms with Crippen LogP contribution in [0.25, 0.3) is 0 Å². The highest BCUT2D eigenvalue weighted by molar-refractivity contribution is 8.00. The van der Waals surface area contributed by atoms with Crippen molar-refractivity contribution in [1.82, 2.24) is 5.32 Å². The summed E-state index contributed by atoms with van der Waals surface area (Å²) in [7, 11) is 0. The minimum Gasteiger partial charge on any atom is -0.317 e. The first-order valence-corrected chi connectivity index (χ1v) is 5.75. The second kappa shape index (κ2) is 4.68. The second-order valence-electron chi connectivity index (χ2n) is 3.38. The summed E-state index contributed by atoms with van der Waals surface area (Å²) in [6.07, 6.45) is 2.61. The lowest BCUT2D eigenvalue weighted by atomic mass is 10.2. The van der Waals surface area contributed by atoms with Crippen molar-refractivity contribution in [3.05, 3.63) is 30.3 Å². The molecule has 2 heteroatoms. The number of thioether (sulfide) groups is 1. The molecule has 1 nitrogen and oxygen atoms in total. The van der Waals surface area contributed by atoms with Gasteiger partial charge in [0.1, 0.15) is 0 Å². The van der Waals surface area contributed by atoms with Crippen molar-refractivity contribution < 1.29 is 0 Å². The van der Waals surface area contributed by atoms with Crippen LogP contribution in [0.4, 0.5) is 0 Å². The molecule has 0 spiro atoms. The summed E-state index contributed by atoms with van der Waals surface area (Å²) in [5.41, 5.74) is 0. The largest absolute Gasteiger partial charge is 0.317 e. The Hall–Kier alpha value is -0.470. The molecule has 1 saturated heterocycles. The normalized spacial score (nSPS) is 18.8. The van der Waals surface area contributed by atoms with E-state index in [2.05, 4.69) is 35.6 Å². The van der Waals surface area contributed by atoms with Crippen LogP contribution in [-0.4, -0.2) is 18.3 Å². The first-order valence-electron chi connectivity index (χ1n) is 4.87. The molecule has 1 aromatic rings. The van der Waals surface area contributed by atoms with Gasteiger partial charge in [-0.3, -0.25) is 0 Å². The molecular formula is C11H15NS. The topological polar surface area (TPSA) is 12.0 Å². The fourth-order valence-electron chi connectivity index (χ4n) is 1.60. The average Bonchev–Trinajstić information content (AvgIpc) is 2.21. The molecule has 1 aliphatic heterocycles. The van der Waals surface area contributed by atoms with E-state index in [-0.39, 0.29) is 0 Å². The Labute approximate surface area is 83.9 Å². The number of benzene rings is 1. The molecule has 1 N–H and O–H groups in total. The standard InChI is InChI=1S/C11H15NS/c1-2-4-10(5-3-1)13-11-6-8-12-9-7-11/h1-5,11-12H,6-9H2. The Bertz CT molecular complexity index is 242. The Morgan fingerprint density at radius 2 is 1.77 bits per heavy atom. The first kappa shape index (κ1) is 9.10. The SMILES string of the molecule is c1ccc(SC2CCNCC2)cc1. The molecule has 1 aliphatic rings. The van der Waals surface area contributed by atoms with Crippen LogP contribution >= 0.6 is 11.8 Å². The molecule has 0 aliphatic carbocycles. The van der Waals surface area contributed by atoms with E-state index in [1.54, 1.807) is 0 Å². The maximum atomic E-state index is 3.39. The summed E-state index contributed by atoms with van der Waals surface area (Å²) in [6, 6.07) is 10.7. The van der Waals surface area contributed by atoms with Crippen LogP contribution in [0.2, 0.25) is 0 Å². The van der Waals surface area contributed by atoms with Crippen molar-refractivity contribution in [3.8, 4) is 0 Å². The average molecular weight is 193 g/mol. The number of hydrogen-bond acceptors (Lipinski definition) is 2. The Morgan fingerprint density at radius 3 is 2.46 bits per heavy atom. The van der Waals surface area contributed by atoms with Crippen LogP contribution in [-0.2, 0) is 0 Å². The van der Waals surface area contributed by atoms with Crippen molar-refractivity contribution in [3.63, 3.8) is 0 Å². The van der Waals surface area contributed by atoms with Crippen molar-refractivity contribution >= 4 is 11.8 Å². The van der Waals surface area contributed by atoms with E-state index in [1.807, 2.05) is 11.8 Å². The first-order chi connectivity index (χ1) is 6.45. The summed E-state index contributed by atoms with van der Waals surface area (Å²) in [5, 5.41) is 4.21. The molecule has 0 atom stereocenters. The minimum absolute atomic E-state index is 0.823. The molecule has 2 rings (SSSR count). The van der Waals surface area contributed by atoms with Gasteiger partial charge >= 0.3 is 0 Å². The van der Waals surface area contributed by atoms with E-state index >= 15 is 0 Å². The van der Waals surface area contributed by atoms with Crippen LogP contribution in [0.5, 0.6) is 0 Å². The molecule has 70 valence electrons. The van der Waals surface area contributed by atoms with Crippen LogP contribution in [0.3, 0.4) is 0 Å². The van der Waals surface area contributed by atoms with Gasteiger partial charge in [-0.2, -0.15) is 0 Å². The van der Waals surface area contributed by atoms with Crippen LogP contribution in [0.1, 0.15) is 12.8 Å². The van der Waals surface area contributed by atoms with Gasteiger partial charge in [-0.05, 0) is 38.1 Å². The lowest BCUT2D eigenvalue weighted by molar-refractivity contribution is 0.531. The predicted octanol–water partition coefficient (Wildman–Crippen LogP) is 2.53. The summed E-state index contributed by atoms with van der Waals surface area (Å²) in [4.78, 5) is 1.41. The molecule has 1 heterocycles. The number of rotatable bonds is 2. The minimum atomic E-state index is 0.823. The maximum absolute atomic E-state index is 3.39. The summed E-state index contributed by atoms with van der Waals surface area (Å²) >= 11 is 2.02. The number of nitrogens with one attached hydrogen (secondary N) is 1. The fraction of sp³-hybridized carbons (Fsp3) is 0.455. The van der Waals surface area contributed by atoms with E-state index in [0.717, 1.165) is 5.25 Å². The van der Waals surface area contributed by atoms with Gasteiger partial charge in [0, 0.05) is 10.1 Å². The van der Waals surface area contributed by atoms with Gasteiger partial charge in [0.2, 0.25) is 0 Å².